The van der Waals surface area contributed by atoms with Crippen molar-refractivity contribution >= 4 is 17.5 Å². The molecule has 1 amide bonds. The van der Waals surface area contributed by atoms with E-state index in [-0.39, 0.29) is 10.6 Å². The van der Waals surface area contributed by atoms with Gasteiger partial charge in [-0.3, -0.25) is 4.79 Å². The molecular weight excluding hydrogens is 343 g/mol. The van der Waals surface area contributed by atoms with Crippen molar-refractivity contribution < 1.29 is 13.6 Å². The lowest BCUT2D eigenvalue weighted by Crippen LogP contribution is -2.26. The van der Waals surface area contributed by atoms with Crippen molar-refractivity contribution in [2.75, 3.05) is 6.54 Å². The number of carbonyl (C=O) groups excluding carboxylic acids is 1. The number of amides is 1. The molecule has 128 valence electrons. The van der Waals surface area contributed by atoms with E-state index in [1.165, 1.54) is 18.2 Å². The van der Waals surface area contributed by atoms with Crippen LogP contribution in [0.2, 0.25) is 5.02 Å². The third-order valence-corrected chi connectivity index (χ3v) is 4.05. The summed E-state index contributed by atoms with van der Waals surface area (Å²) in [5.41, 5.74) is 1.57. The minimum Gasteiger partial charge on any atom is -0.441 e. The molecule has 2 aromatic carbocycles. The second kappa shape index (κ2) is 7.49. The Balaban J connectivity index is 1.64. The van der Waals surface area contributed by atoms with Crippen LogP contribution in [0.5, 0.6) is 0 Å². The number of oxazole rings is 1. The number of rotatable bonds is 5. The minimum atomic E-state index is -0.717. The van der Waals surface area contributed by atoms with E-state index in [2.05, 4.69) is 10.3 Å². The summed E-state index contributed by atoms with van der Waals surface area (Å²) in [6, 6.07) is 13.9. The Bertz CT molecular complexity index is 894. The molecule has 0 radical (unpaired) electrons. The first kappa shape index (κ1) is 17.2. The lowest BCUT2D eigenvalue weighted by Gasteiger charge is -2.06. The zero-order chi connectivity index (χ0) is 17.8. The second-order valence-corrected chi connectivity index (χ2v) is 5.90. The number of aromatic nitrogens is 1. The van der Waals surface area contributed by atoms with Crippen LogP contribution in [0.4, 0.5) is 4.39 Å². The van der Waals surface area contributed by atoms with Gasteiger partial charge in [-0.25, -0.2) is 9.37 Å². The van der Waals surface area contributed by atoms with Crippen LogP contribution in [0.3, 0.4) is 0 Å². The molecule has 1 N–H and O–H groups in total. The van der Waals surface area contributed by atoms with Crippen molar-refractivity contribution in [1.82, 2.24) is 10.3 Å². The fourth-order valence-corrected chi connectivity index (χ4v) is 2.61. The first-order chi connectivity index (χ1) is 12.1. The quantitative estimate of drug-likeness (QED) is 0.734. The van der Waals surface area contributed by atoms with Crippen molar-refractivity contribution in [2.45, 2.75) is 13.3 Å². The Morgan fingerprint density at radius 1 is 1.20 bits per heavy atom. The maximum atomic E-state index is 13.8. The van der Waals surface area contributed by atoms with Gasteiger partial charge in [0.2, 0.25) is 5.89 Å². The van der Waals surface area contributed by atoms with Crippen LogP contribution in [-0.2, 0) is 6.42 Å². The molecule has 4 nitrogen and oxygen atoms in total. The van der Waals surface area contributed by atoms with Crippen molar-refractivity contribution in [1.29, 1.82) is 0 Å². The summed E-state index contributed by atoms with van der Waals surface area (Å²) >= 11 is 5.69. The summed E-state index contributed by atoms with van der Waals surface area (Å²) in [4.78, 5) is 16.5. The predicted molar refractivity (Wildman–Crippen MR) is 94.1 cm³/mol. The normalized spacial score (nSPS) is 10.7. The topological polar surface area (TPSA) is 55.1 Å². The molecule has 1 heterocycles. The molecule has 1 aromatic heterocycles. The molecule has 0 unspecified atom stereocenters. The van der Waals surface area contributed by atoms with E-state index in [9.17, 15) is 9.18 Å². The Morgan fingerprint density at radius 2 is 1.96 bits per heavy atom. The lowest BCUT2D eigenvalue weighted by atomic mass is 10.2. The molecule has 25 heavy (non-hydrogen) atoms. The van der Waals surface area contributed by atoms with Gasteiger partial charge in [-0.05, 0) is 31.2 Å². The summed E-state index contributed by atoms with van der Waals surface area (Å²) in [6.45, 7) is 2.14. The zero-order valence-electron chi connectivity index (χ0n) is 13.6. The van der Waals surface area contributed by atoms with Gasteiger partial charge in [-0.2, -0.15) is 0 Å². The van der Waals surface area contributed by atoms with Crippen LogP contribution in [0.1, 0.15) is 21.8 Å². The number of nitrogens with zero attached hydrogens (tertiary/aromatic N) is 1. The number of hydrogen-bond donors (Lipinski definition) is 1. The molecule has 0 fully saturated rings. The summed E-state index contributed by atoms with van der Waals surface area (Å²) < 4.78 is 19.5. The Morgan fingerprint density at radius 3 is 2.72 bits per heavy atom. The van der Waals surface area contributed by atoms with Crippen molar-refractivity contribution in [3.05, 3.63) is 76.4 Å². The van der Waals surface area contributed by atoms with Crippen molar-refractivity contribution in [3.63, 3.8) is 0 Å². The highest BCUT2D eigenvalue weighted by Crippen LogP contribution is 2.21. The van der Waals surface area contributed by atoms with E-state index < -0.39 is 11.7 Å². The number of carbonyl (C=O) groups is 1. The third-order valence-electron chi connectivity index (χ3n) is 3.76. The molecule has 0 aliphatic heterocycles. The van der Waals surface area contributed by atoms with Crippen LogP contribution >= 0.6 is 11.6 Å². The van der Waals surface area contributed by atoms with Gasteiger partial charge >= 0.3 is 0 Å². The lowest BCUT2D eigenvalue weighted by molar-refractivity contribution is 0.0950. The van der Waals surface area contributed by atoms with E-state index in [1.54, 1.807) is 0 Å². The van der Waals surface area contributed by atoms with E-state index in [1.807, 2.05) is 37.3 Å². The van der Waals surface area contributed by atoms with Crippen molar-refractivity contribution in [3.8, 4) is 11.5 Å². The molecule has 0 aliphatic rings. The molecule has 6 heteroatoms. The van der Waals surface area contributed by atoms with Gasteiger partial charge in [-0.1, -0.05) is 35.9 Å². The maximum absolute atomic E-state index is 13.8. The molecule has 0 spiro atoms. The average molecular weight is 359 g/mol. The smallest absolute Gasteiger partial charge is 0.254 e. The highest BCUT2D eigenvalue weighted by atomic mass is 35.5. The average Bonchev–Trinajstić information content (AvgIpc) is 2.99. The van der Waals surface area contributed by atoms with Crippen LogP contribution < -0.4 is 5.32 Å². The monoisotopic (exact) mass is 358 g/mol. The summed E-state index contributed by atoms with van der Waals surface area (Å²) in [7, 11) is 0. The van der Waals surface area contributed by atoms with Gasteiger partial charge in [0.25, 0.3) is 5.91 Å². The van der Waals surface area contributed by atoms with E-state index in [0.717, 1.165) is 11.3 Å². The highest BCUT2D eigenvalue weighted by molar-refractivity contribution is 6.31. The third kappa shape index (κ3) is 3.88. The van der Waals surface area contributed by atoms with Gasteiger partial charge in [0, 0.05) is 18.5 Å². The largest absolute Gasteiger partial charge is 0.441 e. The Hall–Kier alpha value is -2.66. The summed E-state index contributed by atoms with van der Waals surface area (Å²) in [5, 5.41) is 2.60. The molecule has 3 aromatic rings. The zero-order valence-corrected chi connectivity index (χ0v) is 14.3. The standard InChI is InChI=1S/C19H16ClFN2O2/c1-12-16(23-19(25-12)13-6-3-2-4-7-13)10-11-22-18(24)14-8-5-9-15(20)17(14)21/h2-9H,10-11H2,1H3,(H,22,24). The molecule has 0 bridgehead atoms. The van der Waals surface area contributed by atoms with Gasteiger partial charge in [0.15, 0.2) is 5.82 Å². The number of nitrogens with one attached hydrogen (secondary N) is 1. The minimum absolute atomic E-state index is 0.0747. The first-order valence-corrected chi connectivity index (χ1v) is 8.18. The van der Waals surface area contributed by atoms with E-state index >= 15 is 0 Å². The number of halogens is 2. The molecule has 3 rings (SSSR count). The maximum Gasteiger partial charge on any atom is 0.254 e. The Labute approximate surface area is 149 Å². The summed E-state index contributed by atoms with van der Waals surface area (Å²) in [5.74, 6) is 0.0115. The second-order valence-electron chi connectivity index (χ2n) is 5.50. The van der Waals surface area contributed by atoms with Crippen molar-refractivity contribution in [2.24, 2.45) is 0 Å². The van der Waals surface area contributed by atoms with Gasteiger partial charge in [-0.15, -0.1) is 0 Å². The molecule has 0 saturated heterocycles. The Kier molecular flexibility index (Phi) is 5.14. The van der Waals surface area contributed by atoms with Crippen LogP contribution in [0, 0.1) is 12.7 Å². The highest BCUT2D eigenvalue weighted by Gasteiger charge is 2.15. The summed E-state index contributed by atoms with van der Waals surface area (Å²) in [6.07, 6.45) is 0.482. The molecule has 0 atom stereocenters. The van der Waals surface area contributed by atoms with Crippen LogP contribution in [-0.4, -0.2) is 17.4 Å². The van der Waals surface area contributed by atoms with Crippen LogP contribution in [0.15, 0.2) is 52.9 Å². The predicted octanol–water partition coefficient (Wildman–Crippen LogP) is 4.42. The first-order valence-electron chi connectivity index (χ1n) is 7.80. The van der Waals surface area contributed by atoms with E-state index in [4.69, 9.17) is 16.0 Å². The van der Waals surface area contributed by atoms with E-state index in [0.29, 0.717) is 24.6 Å². The van der Waals surface area contributed by atoms with Gasteiger partial charge in [0.1, 0.15) is 5.76 Å². The fourth-order valence-electron chi connectivity index (χ4n) is 2.43. The van der Waals surface area contributed by atoms with Gasteiger partial charge in [0.05, 0.1) is 16.3 Å². The molecular formula is C19H16ClFN2O2. The van der Waals surface area contributed by atoms with Gasteiger partial charge < -0.3 is 9.73 Å². The fraction of sp³-hybridized carbons (Fsp3) is 0.158. The molecule has 0 aliphatic carbocycles. The number of aryl methyl sites for hydroxylation is 1. The van der Waals surface area contributed by atoms with Crippen LogP contribution in [0.25, 0.3) is 11.5 Å². The number of benzene rings is 2. The SMILES string of the molecule is Cc1oc(-c2ccccc2)nc1CCNC(=O)c1cccc(Cl)c1F. The molecule has 0 saturated carbocycles. The number of hydrogen-bond acceptors (Lipinski definition) is 3.